The standard InChI is InChI=1S/C24H29NS/c1-26(22-13-7-4-8-14-22,21-11-5-2-3-6-12-21)24-16-10-9-15-23(24)20-17-18-25-19-20/h2-5,7,9-13,15-16,20,25H,6,8,14,17-19H2,1H3. The van der Waals surface area contributed by atoms with Crippen molar-refractivity contribution in [1.82, 2.24) is 5.32 Å². The first-order chi connectivity index (χ1) is 12.8. The summed E-state index contributed by atoms with van der Waals surface area (Å²) in [7, 11) is -1.20. The molecule has 0 bridgehead atoms. The lowest BCUT2D eigenvalue weighted by Crippen LogP contribution is -2.13. The average molecular weight is 364 g/mol. The van der Waals surface area contributed by atoms with Gasteiger partial charge >= 0.3 is 0 Å². The fourth-order valence-electron chi connectivity index (χ4n) is 4.31. The predicted octanol–water partition coefficient (Wildman–Crippen LogP) is 6.19. The molecule has 0 spiro atoms. The summed E-state index contributed by atoms with van der Waals surface area (Å²) in [6, 6.07) is 9.27. The van der Waals surface area contributed by atoms with Gasteiger partial charge in [0.1, 0.15) is 0 Å². The van der Waals surface area contributed by atoms with Gasteiger partial charge in [-0.1, -0.05) is 60.7 Å². The van der Waals surface area contributed by atoms with Crippen molar-refractivity contribution in [2.24, 2.45) is 0 Å². The fraction of sp³-hybridized carbons (Fsp3) is 0.333. The number of nitrogens with one attached hydrogen (secondary N) is 1. The van der Waals surface area contributed by atoms with Crippen LogP contribution in [0.25, 0.3) is 0 Å². The molecule has 1 aromatic rings. The summed E-state index contributed by atoms with van der Waals surface area (Å²) in [5, 5.41) is 3.56. The van der Waals surface area contributed by atoms with E-state index in [4.69, 9.17) is 0 Å². The maximum absolute atomic E-state index is 3.56. The Bertz CT molecular complexity index is 805. The molecule has 1 aromatic carbocycles. The van der Waals surface area contributed by atoms with Crippen molar-refractivity contribution in [2.75, 3.05) is 19.3 Å². The third-order valence-electron chi connectivity index (χ3n) is 5.79. The lowest BCUT2D eigenvalue weighted by Gasteiger charge is -2.43. The molecule has 0 saturated carbocycles. The van der Waals surface area contributed by atoms with Crippen molar-refractivity contribution in [2.45, 2.75) is 36.5 Å². The van der Waals surface area contributed by atoms with E-state index in [0.717, 1.165) is 25.9 Å². The molecule has 1 nitrogen and oxygen atoms in total. The lowest BCUT2D eigenvalue weighted by molar-refractivity contribution is 0.747. The van der Waals surface area contributed by atoms with E-state index in [9.17, 15) is 0 Å². The minimum atomic E-state index is -1.20. The Morgan fingerprint density at radius 1 is 1.08 bits per heavy atom. The van der Waals surface area contributed by atoms with Gasteiger partial charge in [0.15, 0.2) is 0 Å². The van der Waals surface area contributed by atoms with Crippen molar-refractivity contribution >= 4 is 10.0 Å². The van der Waals surface area contributed by atoms with Gasteiger partial charge in [-0.05, 0) is 71.9 Å². The normalized spacial score (nSPS) is 26.0. The van der Waals surface area contributed by atoms with Crippen molar-refractivity contribution < 1.29 is 0 Å². The first kappa shape index (κ1) is 17.6. The maximum atomic E-state index is 3.56. The molecular weight excluding hydrogens is 334 g/mol. The van der Waals surface area contributed by atoms with Crippen LogP contribution in [0.2, 0.25) is 0 Å². The van der Waals surface area contributed by atoms with Crippen molar-refractivity contribution in [3.63, 3.8) is 0 Å². The molecule has 1 saturated heterocycles. The highest BCUT2D eigenvalue weighted by Crippen LogP contribution is 2.68. The second kappa shape index (κ2) is 7.85. The molecule has 1 N–H and O–H groups in total. The van der Waals surface area contributed by atoms with Crippen LogP contribution < -0.4 is 5.32 Å². The van der Waals surface area contributed by atoms with E-state index in [0.29, 0.717) is 5.92 Å². The Morgan fingerprint density at radius 3 is 2.81 bits per heavy atom. The monoisotopic (exact) mass is 363 g/mol. The predicted molar refractivity (Wildman–Crippen MR) is 116 cm³/mol. The molecule has 136 valence electrons. The molecule has 2 unspecified atom stereocenters. The van der Waals surface area contributed by atoms with Crippen LogP contribution in [-0.4, -0.2) is 19.3 Å². The maximum Gasteiger partial charge on any atom is 0.00210 e. The highest BCUT2D eigenvalue weighted by Gasteiger charge is 2.33. The third kappa shape index (κ3) is 3.28. The molecule has 2 heteroatoms. The molecule has 1 fully saturated rings. The molecule has 2 aliphatic carbocycles. The van der Waals surface area contributed by atoms with Gasteiger partial charge in [0, 0.05) is 11.4 Å². The second-order valence-corrected chi connectivity index (χ2v) is 10.6. The van der Waals surface area contributed by atoms with Crippen molar-refractivity contribution in [1.29, 1.82) is 0 Å². The van der Waals surface area contributed by atoms with Crippen molar-refractivity contribution in [3.05, 3.63) is 88.2 Å². The van der Waals surface area contributed by atoms with Gasteiger partial charge in [-0.3, -0.25) is 0 Å². The molecule has 1 aliphatic heterocycles. The molecule has 0 aromatic heterocycles. The number of rotatable bonds is 4. The van der Waals surface area contributed by atoms with Gasteiger partial charge in [-0.15, -0.1) is 0 Å². The average Bonchev–Trinajstić information content (AvgIpc) is 3.10. The van der Waals surface area contributed by atoms with Crippen LogP contribution in [0.5, 0.6) is 0 Å². The third-order valence-corrected chi connectivity index (χ3v) is 9.68. The summed E-state index contributed by atoms with van der Waals surface area (Å²) in [5.74, 6) is 0.645. The molecule has 0 amide bonds. The molecule has 1 heterocycles. The largest absolute Gasteiger partial charge is 0.316 e. The fourth-order valence-corrected chi connectivity index (χ4v) is 7.87. The summed E-state index contributed by atoms with van der Waals surface area (Å²) in [6.07, 6.45) is 25.6. The Balaban J connectivity index is 1.88. The summed E-state index contributed by atoms with van der Waals surface area (Å²) in [5.41, 5.74) is 1.57. The van der Waals surface area contributed by atoms with E-state index in [1.165, 1.54) is 17.7 Å². The first-order valence-electron chi connectivity index (χ1n) is 9.77. The van der Waals surface area contributed by atoms with Gasteiger partial charge < -0.3 is 5.32 Å². The molecule has 2 atom stereocenters. The van der Waals surface area contributed by atoms with Gasteiger partial charge in [0.2, 0.25) is 0 Å². The minimum Gasteiger partial charge on any atom is -0.316 e. The number of benzene rings is 1. The number of hydrogen-bond donors (Lipinski definition) is 1. The van der Waals surface area contributed by atoms with E-state index in [1.807, 2.05) is 0 Å². The zero-order chi connectivity index (χ0) is 17.8. The molecule has 26 heavy (non-hydrogen) atoms. The molecule has 3 aliphatic rings. The van der Waals surface area contributed by atoms with Crippen molar-refractivity contribution in [3.8, 4) is 0 Å². The topological polar surface area (TPSA) is 12.0 Å². The Morgan fingerprint density at radius 2 is 2.00 bits per heavy atom. The minimum absolute atomic E-state index is 0.645. The van der Waals surface area contributed by atoms with Crippen LogP contribution in [0.1, 0.15) is 37.2 Å². The van der Waals surface area contributed by atoms with Gasteiger partial charge in [-0.25, -0.2) is 0 Å². The second-order valence-electron chi connectivity index (χ2n) is 7.38. The Hall–Kier alpha value is -1.77. The van der Waals surface area contributed by atoms with Crippen LogP contribution in [-0.2, 0) is 0 Å². The number of hydrogen-bond acceptors (Lipinski definition) is 1. The molecular formula is C24H29NS. The summed E-state index contributed by atoms with van der Waals surface area (Å²) >= 11 is 0. The highest BCUT2D eigenvalue weighted by molar-refractivity contribution is 8.39. The van der Waals surface area contributed by atoms with E-state index in [1.54, 1.807) is 15.4 Å². The van der Waals surface area contributed by atoms with E-state index in [2.05, 4.69) is 84.4 Å². The van der Waals surface area contributed by atoms with Crippen LogP contribution >= 0.6 is 10.0 Å². The molecule has 4 rings (SSSR count). The zero-order valence-electron chi connectivity index (χ0n) is 15.7. The smallest absolute Gasteiger partial charge is 0.00210 e. The highest BCUT2D eigenvalue weighted by atomic mass is 32.3. The molecule has 0 radical (unpaired) electrons. The number of allylic oxidation sites excluding steroid dienone is 9. The Kier molecular flexibility index (Phi) is 5.33. The van der Waals surface area contributed by atoms with E-state index >= 15 is 0 Å². The van der Waals surface area contributed by atoms with Crippen LogP contribution in [0.15, 0.2) is 87.6 Å². The van der Waals surface area contributed by atoms with Crippen LogP contribution in [0.4, 0.5) is 0 Å². The van der Waals surface area contributed by atoms with Crippen LogP contribution in [0, 0.1) is 0 Å². The van der Waals surface area contributed by atoms with Gasteiger partial charge in [0.25, 0.3) is 0 Å². The first-order valence-corrected chi connectivity index (χ1v) is 11.8. The summed E-state index contributed by atoms with van der Waals surface area (Å²) in [6.45, 7) is 2.25. The van der Waals surface area contributed by atoms with Gasteiger partial charge in [-0.2, -0.15) is 10.0 Å². The SMILES string of the molecule is CS(C1=CCC=CC=C1)(C1=CC=CCC1)c1ccccc1C1CCNC1. The Labute approximate surface area is 159 Å². The van der Waals surface area contributed by atoms with Gasteiger partial charge in [0.05, 0.1) is 0 Å². The van der Waals surface area contributed by atoms with E-state index < -0.39 is 10.0 Å². The quantitative estimate of drug-likeness (QED) is 0.672. The van der Waals surface area contributed by atoms with E-state index in [-0.39, 0.29) is 0 Å². The zero-order valence-corrected chi connectivity index (χ0v) is 16.5. The van der Waals surface area contributed by atoms with Crippen LogP contribution in [0.3, 0.4) is 0 Å². The summed E-state index contributed by atoms with van der Waals surface area (Å²) < 4.78 is 0. The summed E-state index contributed by atoms with van der Waals surface area (Å²) in [4.78, 5) is 4.71. The lowest BCUT2D eigenvalue weighted by atomic mass is 9.98.